The molecule has 8 heteroatoms. The molecule has 2 aromatic rings. The van der Waals surface area contributed by atoms with Crippen LogP contribution in [0.1, 0.15) is 30.3 Å². The SMILES string of the molecule is O=S(Cc1cc(Cl)ccc1Cl)Cc1nnnn1C1CC1. The number of benzene rings is 1. The summed E-state index contributed by atoms with van der Waals surface area (Å²) >= 11 is 12.0. The van der Waals surface area contributed by atoms with Crippen molar-refractivity contribution in [3.05, 3.63) is 39.6 Å². The average Bonchev–Trinajstić information content (AvgIpc) is 3.15. The minimum Gasteiger partial charge on any atom is -0.259 e. The van der Waals surface area contributed by atoms with Crippen molar-refractivity contribution >= 4 is 34.0 Å². The molecule has 0 saturated heterocycles. The zero-order valence-corrected chi connectivity index (χ0v) is 12.8. The van der Waals surface area contributed by atoms with Crippen molar-refractivity contribution in [1.82, 2.24) is 20.2 Å². The van der Waals surface area contributed by atoms with Gasteiger partial charge in [-0.25, -0.2) is 4.68 Å². The summed E-state index contributed by atoms with van der Waals surface area (Å²) < 4.78 is 14.0. The highest BCUT2D eigenvalue weighted by Gasteiger charge is 2.28. The Morgan fingerprint density at radius 3 is 2.85 bits per heavy atom. The first-order valence-corrected chi connectivity index (χ1v) is 8.43. The second-order valence-electron chi connectivity index (χ2n) is 4.74. The number of nitrogens with zero attached hydrogens (tertiary/aromatic N) is 4. The van der Waals surface area contributed by atoms with E-state index < -0.39 is 10.8 Å². The third-order valence-corrected chi connectivity index (χ3v) is 4.89. The van der Waals surface area contributed by atoms with E-state index >= 15 is 0 Å². The van der Waals surface area contributed by atoms with Crippen LogP contribution < -0.4 is 0 Å². The Bertz CT molecular complexity index is 657. The van der Waals surface area contributed by atoms with Crippen LogP contribution in [0, 0.1) is 0 Å². The molecule has 1 aromatic carbocycles. The zero-order chi connectivity index (χ0) is 14.1. The molecule has 1 aliphatic rings. The van der Waals surface area contributed by atoms with E-state index in [-0.39, 0.29) is 0 Å². The van der Waals surface area contributed by atoms with Crippen LogP contribution in [0.5, 0.6) is 0 Å². The van der Waals surface area contributed by atoms with Gasteiger partial charge < -0.3 is 0 Å². The van der Waals surface area contributed by atoms with Crippen LogP contribution in [0.4, 0.5) is 0 Å². The van der Waals surface area contributed by atoms with Crippen molar-refractivity contribution in [2.75, 3.05) is 0 Å². The fourth-order valence-corrected chi connectivity index (χ4v) is 3.56. The predicted molar refractivity (Wildman–Crippen MR) is 78.1 cm³/mol. The second kappa shape index (κ2) is 5.79. The lowest BCUT2D eigenvalue weighted by Gasteiger charge is -2.06. The van der Waals surface area contributed by atoms with Gasteiger partial charge >= 0.3 is 0 Å². The normalized spacial score (nSPS) is 16.3. The topological polar surface area (TPSA) is 60.7 Å². The molecule has 3 rings (SSSR count). The minimum absolute atomic E-state index is 0.326. The summed E-state index contributed by atoms with van der Waals surface area (Å²) in [5.74, 6) is 1.34. The molecule has 0 amide bonds. The molecule has 0 N–H and O–H groups in total. The summed E-state index contributed by atoms with van der Waals surface area (Å²) in [5, 5.41) is 12.7. The van der Waals surface area contributed by atoms with Gasteiger partial charge in [0.25, 0.3) is 0 Å². The van der Waals surface area contributed by atoms with Gasteiger partial charge in [-0.05, 0) is 47.0 Å². The quantitative estimate of drug-likeness (QED) is 0.845. The lowest BCUT2D eigenvalue weighted by molar-refractivity contribution is 0.591. The van der Waals surface area contributed by atoms with Crippen LogP contribution in [-0.4, -0.2) is 24.4 Å². The molecule has 1 unspecified atom stereocenters. The van der Waals surface area contributed by atoms with Crippen LogP contribution in [-0.2, 0) is 22.3 Å². The standard InChI is InChI=1S/C12H12Cl2N4OS/c13-9-1-4-11(14)8(5-9)6-20(19)7-12-15-16-17-18(12)10-2-3-10/h1,4-5,10H,2-3,6-7H2. The molecule has 1 aromatic heterocycles. The third kappa shape index (κ3) is 3.19. The molecule has 1 heterocycles. The molecule has 1 aliphatic carbocycles. The predicted octanol–water partition coefficient (Wildman–Crippen LogP) is 2.76. The maximum absolute atomic E-state index is 12.2. The maximum atomic E-state index is 12.2. The molecule has 20 heavy (non-hydrogen) atoms. The number of hydrogen-bond donors (Lipinski definition) is 0. The zero-order valence-electron chi connectivity index (χ0n) is 10.5. The van der Waals surface area contributed by atoms with Gasteiger partial charge in [0.05, 0.1) is 17.5 Å². The van der Waals surface area contributed by atoms with Crippen molar-refractivity contribution < 1.29 is 4.21 Å². The Morgan fingerprint density at radius 2 is 2.10 bits per heavy atom. The fourth-order valence-electron chi connectivity index (χ4n) is 1.93. The van der Waals surface area contributed by atoms with Crippen LogP contribution >= 0.6 is 23.2 Å². The average molecular weight is 331 g/mol. The van der Waals surface area contributed by atoms with Gasteiger partial charge in [0.2, 0.25) is 0 Å². The Kier molecular flexibility index (Phi) is 4.05. The Labute approximate surface area is 128 Å². The Morgan fingerprint density at radius 1 is 1.30 bits per heavy atom. The first-order valence-electron chi connectivity index (χ1n) is 6.19. The van der Waals surface area contributed by atoms with E-state index in [0.29, 0.717) is 33.4 Å². The number of halogens is 2. The van der Waals surface area contributed by atoms with Crippen LogP contribution in [0.3, 0.4) is 0 Å². The molecule has 1 fully saturated rings. The van der Waals surface area contributed by atoms with Gasteiger partial charge in [-0.15, -0.1) is 5.10 Å². The van der Waals surface area contributed by atoms with E-state index in [0.717, 1.165) is 18.4 Å². The lowest BCUT2D eigenvalue weighted by Crippen LogP contribution is -2.08. The second-order valence-corrected chi connectivity index (χ2v) is 7.04. The van der Waals surface area contributed by atoms with Crippen molar-refractivity contribution in [1.29, 1.82) is 0 Å². The molecule has 5 nitrogen and oxygen atoms in total. The molecule has 1 atom stereocenters. The van der Waals surface area contributed by atoms with Gasteiger partial charge in [0, 0.05) is 20.8 Å². The Balaban J connectivity index is 1.70. The number of hydrogen-bond acceptors (Lipinski definition) is 4. The largest absolute Gasteiger partial charge is 0.259 e. The monoisotopic (exact) mass is 330 g/mol. The van der Waals surface area contributed by atoms with Crippen molar-refractivity contribution in [2.24, 2.45) is 0 Å². The van der Waals surface area contributed by atoms with E-state index in [1.807, 2.05) is 0 Å². The summed E-state index contributed by atoms with van der Waals surface area (Å²) in [4.78, 5) is 0. The van der Waals surface area contributed by atoms with Gasteiger partial charge in [-0.2, -0.15) is 0 Å². The highest BCUT2D eigenvalue weighted by atomic mass is 35.5. The summed E-state index contributed by atoms with van der Waals surface area (Å²) in [6.07, 6.45) is 2.18. The van der Waals surface area contributed by atoms with Gasteiger partial charge in [-0.3, -0.25) is 4.21 Å². The van der Waals surface area contributed by atoms with Crippen LogP contribution in [0.15, 0.2) is 18.2 Å². The summed E-state index contributed by atoms with van der Waals surface area (Å²) in [6, 6.07) is 5.55. The third-order valence-electron chi connectivity index (χ3n) is 3.07. The molecular weight excluding hydrogens is 319 g/mol. The molecule has 0 spiro atoms. The molecular formula is C12H12Cl2N4OS. The smallest absolute Gasteiger partial charge is 0.164 e. The van der Waals surface area contributed by atoms with E-state index in [1.165, 1.54) is 0 Å². The number of aromatic nitrogens is 4. The number of rotatable bonds is 5. The maximum Gasteiger partial charge on any atom is 0.164 e. The molecule has 0 aliphatic heterocycles. The molecule has 106 valence electrons. The summed E-state index contributed by atoms with van der Waals surface area (Å²) in [6.45, 7) is 0. The fraction of sp³-hybridized carbons (Fsp3) is 0.417. The summed E-state index contributed by atoms with van der Waals surface area (Å²) in [5.41, 5.74) is 0.781. The molecule has 0 bridgehead atoms. The van der Waals surface area contributed by atoms with Crippen LogP contribution in [0.2, 0.25) is 10.0 Å². The van der Waals surface area contributed by atoms with E-state index in [9.17, 15) is 4.21 Å². The van der Waals surface area contributed by atoms with E-state index in [2.05, 4.69) is 15.5 Å². The highest BCUT2D eigenvalue weighted by Crippen LogP contribution is 2.34. The van der Waals surface area contributed by atoms with Crippen LogP contribution in [0.25, 0.3) is 0 Å². The molecule has 0 radical (unpaired) electrons. The van der Waals surface area contributed by atoms with E-state index in [4.69, 9.17) is 23.2 Å². The number of tetrazole rings is 1. The van der Waals surface area contributed by atoms with Crippen molar-refractivity contribution in [3.8, 4) is 0 Å². The van der Waals surface area contributed by atoms with Crippen molar-refractivity contribution in [2.45, 2.75) is 30.4 Å². The highest BCUT2D eigenvalue weighted by molar-refractivity contribution is 7.83. The first kappa shape index (κ1) is 14.0. The molecule has 1 saturated carbocycles. The summed E-state index contributed by atoms with van der Waals surface area (Å²) in [7, 11) is -1.12. The van der Waals surface area contributed by atoms with E-state index in [1.54, 1.807) is 22.9 Å². The van der Waals surface area contributed by atoms with Gasteiger partial charge in [0.1, 0.15) is 0 Å². The first-order chi connectivity index (χ1) is 9.63. The van der Waals surface area contributed by atoms with Crippen molar-refractivity contribution in [3.63, 3.8) is 0 Å². The Hall–Kier alpha value is -0.980. The van der Waals surface area contributed by atoms with Gasteiger partial charge in [0.15, 0.2) is 5.82 Å². The van der Waals surface area contributed by atoms with Gasteiger partial charge in [-0.1, -0.05) is 23.2 Å². The minimum atomic E-state index is -1.12. The lowest BCUT2D eigenvalue weighted by atomic mass is 10.2.